The molecule has 2 aromatic carbocycles. The van der Waals surface area contributed by atoms with Crippen LogP contribution in [-0.2, 0) is 24.8 Å². The average Bonchev–Trinajstić information content (AvgIpc) is 2.65. The lowest BCUT2D eigenvalue weighted by Gasteiger charge is -2.22. The number of primary amides is 1. The number of carbonyl (C=O) groups is 2. The van der Waals surface area contributed by atoms with E-state index in [1.807, 2.05) is 0 Å². The van der Waals surface area contributed by atoms with Crippen LogP contribution >= 0.6 is 0 Å². The monoisotopic (exact) mass is 454 g/mol. The maximum atomic E-state index is 12.5. The number of hydrogen-bond acceptors (Lipinski definition) is 6. The van der Waals surface area contributed by atoms with Crippen LogP contribution in [0.3, 0.4) is 0 Å². The molecule has 2 aromatic rings. The highest BCUT2D eigenvalue weighted by Gasteiger charge is 2.23. The fourth-order valence-corrected chi connectivity index (χ4v) is 4.28. The highest BCUT2D eigenvalue weighted by atomic mass is 32.2. The summed E-state index contributed by atoms with van der Waals surface area (Å²) < 4.78 is 50.6. The van der Waals surface area contributed by atoms with E-state index in [2.05, 4.69) is 5.32 Å². The van der Waals surface area contributed by atoms with E-state index in [0.717, 1.165) is 14.9 Å². The van der Waals surface area contributed by atoms with Crippen molar-refractivity contribution in [3.63, 3.8) is 0 Å². The Morgan fingerprint density at radius 2 is 1.53 bits per heavy atom. The Labute approximate surface area is 175 Å². The van der Waals surface area contributed by atoms with Gasteiger partial charge in [0.1, 0.15) is 6.54 Å². The molecule has 10 nitrogen and oxygen atoms in total. The van der Waals surface area contributed by atoms with Crippen molar-refractivity contribution in [2.24, 2.45) is 5.73 Å². The number of anilines is 2. The first-order valence-corrected chi connectivity index (χ1v) is 11.8. The molecule has 0 fully saturated rings. The van der Waals surface area contributed by atoms with Crippen molar-refractivity contribution < 1.29 is 26.4 Å². The fourth-order valence-electron chi connectivity index (χ4n) is 2.52. The lowest BCUT2D eigenvalue weighted by Crippen LogP contribution is -2.37. The molecular weight excluding hydrogens is 432 g/mol. The summed E-state index contributed by atoms with van der Waals surface area (Å²) in [5.74, 6) is -1.46. The second-order valence-electron chi connectivity index (χ2n) is 6.51. The zero-order chi connectivity index (χ0) is 22.7. The Morgan fingerprint density at radius 3 is 2.03 bits per heavy atom. The Kier molecular flexibility index (Phi) is 6.85. The van der Waals surface area contributed by atoms with Gasteiger partial charge in [0, 0.05) is 14.1 Å². The zero-order valence-electron chi connectivity index (χ0n) is 16.6. The normalized spacial score (nSPS) is 11.9. The third-order valence-electron chi connectivity index (χ3n) is 4.06. The molecule has 30 heavy (non-hydrogen) atoms. The SMILES string of the molecule is CN(C)S(=O)(=O)c1ccc(N(CC(=O)Nc2ccccc2C(N)=O)S(C)(=O)=O)cc1. The summed E-state index contributed by atoms with van der Waals surface area (Å²) in [5.41, 5.74) is 5.61. The van der Waals surface area contributed by atoms with Crippen molar-refractivity contribution in [3.05, 3.63) is 54.1 Å². The van der Waals surface area contributed by atoms with E-state index in [1.54, 1.807) is 12.1 Å². The number of hydrogen-bond donors (Lipinski definition) is 2. The van der Waals surface area contributed by atoms with Gasteiger partial charge < -0.3 is 11.1 Å². The van der Waals surface area contributed by atoms with Crippen LogP contribution in [0.1, 0.15) is 10.4 Å². The third kappa shape index (κ3) is 5.34. The van der Waals surface area contributed by atoms with Gasteiger partial charge in [0.25, 0.3) is 5.91 Å². The van der Waals surface area contributed by atoms with Crippen molar-refractivity contribution in [2.45, 2.75) is 4.90 Å². The molecule has 0 unspecified atom stereocenters. The van der Waals surface area contributed by atoms with Crippen LogP contribution < -0.4 is 15.4 Å². The third-order valence-corrected chi connectivity index (χ3v) is 7.03. The Bertz CT molecular complexity index is 1160. The minimum atomic E-state index is -3.88. The van der Waals surface area contributed by atoms with Crippen molar-refractivity contribution in [3.8, 4) is 0 Å². The molecule has 3 N–H and O–H groups in total. The molecule has 0 saturated heterocycles. The van der Waals surface area contributed by atoms with E-state index in [9.17, 15) is 26.4 Å². The predicted octanol–water partition coefficient (Wildman–Crippen LogP) is 0.441. The molecule has 0 aromatic heterocycles. The quantitative estimate of drug-likeness (QED) is 0.592. The molecule has 2 amide bonds. The molecule has 0 radical (unpaired) electrons. The van der Waals surface area contributed by atoms with E-state index in [1.165, 1.54) is 50.5 Å². The maximum Gasteiger partial charge on any atom is 0.250 e. The van der Waals surface area contributed by atoms with Crippen LogP contribution in [0.25, 0.3) is 0 Å². The zero-order valence-corrected chi connectivity index (χ0v) is 18.2. The summed E-state index contributed by atoms with van der Waals surface area (Å²) in [5, 5.41) is 2.47. The van der Waals surface area contributed by atoms with Gasteiger partial charge in [-0.25, -0.2) is 21.1 Å². The second kappa shape index (κ2) is 8.81. The fraction of sp³-hybridized carbons (Fsp3) is 0.222. The van der Waals surface area contributed by atoms with Crippen LogP contribution in [0.5, 0.6) is 0 Å². The first kappa shape index (κ1) is 23.3. The van der Waals surface area contributed by atoms with E-state index in [4.69, 9.17) is 5.73 Å². The minimum absolute atomic E-state index is 0.0236. The molecule has 0 atom stereocenters. The van der Waals surface area contributed by atoms with Crippen molar-refractivity contribution in [1.29, 1.82) is 0 Å². The molecule has 0 spiro atoms. The van der Waals surface area contributed by atoms with Gasteiger partial charge in [0.2, 0.25) is 26.0 Å². The maximum absolute atomic E-state index is 12.5. The first-order valence-electron chi connectivity index (χ1n) is 8.53. The smallest absolute Gasteiger partial charge is 0.250 e. The van der Waals surface area contributed by atoms with Crippen LogP contribution in [0.15, 0.2) is 53.4 Å². The van der Waals surface area contributed by atoms with E-state index in [0.29, 0.717) is 0 Å². The molecule has 0 aliphatic rings. The van der Waals surface area contributed by atoms with Gasteiger partial charge in [-0.15, -0.1) is 0 Å². The molecule has 0 aliphatic carbocycles. The number of rotatable bonds is 8. The number of para-hydroxylation sites is 1. The van der Waals surface area contributed by atoms with Gasteiger partial charge in [0.05, 0.1) is 28.1 Å². The van der Waals surface area contributed by atoms with Crippen molar-refractivity contribution >= 4 is 43.2 Å². The van der Waals surface area contributed by atoms with Crippen molar-refractivity contribution in [2.75, 3.05) is 36.5 Å². The van der Waals surface area contributed by atoms with E-state index < -0.39 is 38.4 Å². The first-order chi connectivity index (χ1) is 13.8. The largest absolute Gasteiger partial charge is 0.366 e. The van der Waals surface area contributed by atoms with Gasteiger partial charge >= 0.3 is 0 Å². The Balaban J connectivity index is 2.30. The van der Waals surface area contributed by atoms with E-state index >= 15 is 0 Å². The van der Waals surface area contributed by atoms with Crippen LogP contribution in [0, 0.1) is 0 Å². The van der Waals surface area contributed by atoms with Crippen molar-refractivity contribution in [1.82, 2.24) is 4.31 Å². The molecule has 162 valence electrons. The molecule has 2 rings (SSSR count). The van der Waals surface area contributed by atoms with Gasteiger partial charge in [-0.05, 0) is 36.4 Å². The molecule has 0 saturated carbocycles. The minimum Gasteiger partial charge on any atom is -0.366 e. The van der Waals surface area contributed by atoms with E-state index in [-0.39, 0.29) is 21.8 Å². The highest BCUT2D eigenvalue weighted by molar-refractivity contribution is 7.92. The lowest BCUT2D eigenvalue weighted by molar-refractivity contribution is -0.114. The average molecular weight is 455 g/mol. The van der Waals surface area contributed by atoms with Gasteiger partial charge in [-0.1, -0.05) is 12.1 Å². The molecular formula is C18H22N4O6S2. The van der Waals surface area contributed by atoms with Gasteiger partial charge in [-0.2, -0.15) is 0 Å². The highest BCUT2D eigenvalue weighted by Crippen LogP contribution is 2.22. The second-order valence-corrected chi connectivity index (χ2v) is 10.6. The number of amides is 2. The predicted molar refractivity (Wildman–Crippen MR) is 113 cm³/mol. The summed E-state index contributed by atoms with van der Waals surface area (Å²) in [6, 6.07) is 11.1. The lowest BCUT2D eigenvalue weighted by atomic mass is 10.1. The number of nitrogens with two attached hydrogens (primary N) is 1. The summed E-state index contributed by atoms with van der Waals surface area (Å²) in [7, 11) is -4.81. The summed E-state index contributed by atoms with van der Waals surface area (Å²) in [6.45, 7) is -0.592. The topological polar surface area (TPSA) is 147 Å². The molecule has 0 aliphatic heterocycles. The van der Waals surface area contributed by atoms with Gasteiger partial charge in [-0.3, -0.25) is 13.9 Å². The van der Waals surface area contributed by atoms with Gasteiger partial charge in [0.15, 0.2) is 0 Å². The Hall–Kier alpha value is -2.96. The molecule has 12 heteroatoms. The molecule has 0 bridgehead atoms. The number of nitrogens with zero attached hydrogens (tertiary/aromatic N) is 2. The van der Waals surface area contributed by atoms with Crippen LogP contribution in [0.2, 0.25) is 0 Å². The number of benzene rings is 2. The molecule has 0 heterocycles. The Morgan fingerprint density at radius 1 is 0.967 bits per heavy atom. The number of nitrogens with one attached hydrogen (secondary N) is 1. The van der Waals surface area contributed by atoms with Crippen LogP contribution in [-0.4, -0.2) is 59.9 Å². The standard InChI is InChI=1S/C18H22N4O6S2/c1-21(2)30(27,28)14-10-8-13(9-11-14)22(29(3,25)26)12-17(23)20-16-7-5-4-6-15(16)18(19)24/h4-11H,12H2,1-3H3,(H2,19,24)(H,20,23). The summed E-state index contributed by atoms with van der Waals surface area (Å²) >= 11 is 0. The van der Waals surface area contributed by atoms with Crippen LogP contribution in [0.4, 0.5) is 11.4 Å². The summed E-state index contributed by atoms with van der Waals surface area (Å²) in [4.78, 5) is 23.9. The number of sulfonamides is 2. The summed E-state index contributed by atoms with van der Waals surface area (Å²) in [6.07, 6.45) is 0.919. The number of carbonyl (C=O) groups excluding carboxylic acids is 2.